The molecule has 0 radical (unpaired) electrons. The molecule has 15 heteroatoms. The summed E-state index contributed by atoms with van der Waals surface area (Å²) in [6.45, 7) is 17.5. The lowest BCUT2D eigenvalue weighted by Gasteiger charge is -2.38. The monoisotopic (exact) mass is 838 g/mol. The number of amides is 3. The zero-order valence-electron chi connectivity index (χ0n) is 35.3. The molecule has 326 valence electrons. The highest BCUT2D eigenvalue weighted by Gasteiger charge is 2.85. The summed E-state index contributed by atoms with van der Waals surface area (Å²) < 4.78 is 65.1. The predicted molar refractivity (Wildman–Crippen MR) is 212 cm³/mol. The lowest BCUT2D eigenvalue weighted by Crippen LogP contribution is -2.56. The predicted octanol–water partition coefficient (Wildman–Crippen LogP) is 6.46. The van der Waals surface area contributed by atoms with Gasteiger partial charge in [-0.1, -0.05) is 79.7 Å². The molecule has 6 rings (SSSR count). The molecule has 4 aliphatic carbocycles. The number of carbonyl (C=O) groups excluding carboxylic acids is 5. The average molecular weight is 839 g/mol. The van der Waals surface area contributed by atoms with Crippen LogP contribution in [0.5, 0.6) is 0 Å². The van der Waals surface area contributed by atoms with E-state index in [0.29, 0.717) is 12.8 Å². The van der Waals surface area contributed by atoms with Crippen molar-refractivity contribution in [2.24, 2.45) is 44.8 Å². The van der Waals surface area contributed by atoms with Crippen LogP contribution >= 0.6 is 0 Å². The molecule has 0 aromatic heterocycles. The Labute approximate surface area is 342 Å². The van der Waals surface area contributed by atoms with Crippen LogP contribution in [-0.2, 0) is 34.0 Å². The first-order chi connectivity index (χ1) is 26.9. The lowest BCUT2D eigenvalue weighted by molar-refractivity contribution is -0.147. The number of alkyl halides is 3. The van der Waals surface area contributed by atoms with Gasteiger partial charge < -0.3 is 10.2 Å². The fourth-order valence-corrected chi connectivity index (χ4v) is 12.7. The number of likely N-dealkylation sites (tertiary alicyclic amines) is 2. The quantitative estimate of drug-likeness (QED) is 0.189. The van der Waals surface area contributed by atoms with Crippen molar-refractivity contribution in [2.45, 2.75) is 161 Å². The van der Waals surface area contributed by atoms with Gasteiger partial charge in [-0.2, -0.15) is 21.6 Å². The first-order valence-corrected chi connectivity index (χ1v) is 23.1. The van der Waals surface area contributed by atoms with Gasteiger partial charge in [-0.05, 0) is 92.5 Å². The molecule has 0 bridgehead atoms. The van der Waals surface area contributed by atoms with Crippen molar-refractivity contribution in [2.75, 3.05) is 19.6 Å². The number of fused-ring (bicyclic) bond motifs is 1. The second-order valence-electron chi connectivity index (χ2n) is 20.2. The third kappa shape index (κ3) is 7.48. The van der Waals surface area contributed by atoms with Crippen LogP contribution in [0.2, 0.25) is 0 Å². The number of nitrogens with zero attached hydrogens (tertiary/aromatic N) is 2. The zero-order chi connectivity index (χ0) is 42.9. The fraction of sp³-hybridized carbons (Fsp3) is 0.837. The molecule has 1 unspecified atom stereocenters. The molecule has 2 spiro atoms. The number of Topliss-reactive ketones (excluding diaryl/α,β-unsaturated/α-hetero) is 2. The topological polar surface area (TPSA) is 150 Å². The van der Waals surface area contributed by atoms with Crippen LogP contribution in [0, 0.1) is 44.8 Å². The Kier molecular flexibility index (Phi) is 12.0. The molecule has 2 aliphatic heterocycles. The van der Waals surface area contributed by atoms with Crippen LogP contribution in [-0.4, -0.2) is 90.8 Å². The summed E-state index contributed by atoms with van der Waals surface area (Å²) in [6.07, 6.45) is 11.0. The van der Waals surface area contributed by atoms with Crippen molar-refractivity contribution in [1.29, 1.82) is 0 Å². The van der Waals surface area contributed by atoms with Gasteiger partial charge in [-0.15, -0.1) is 6.58 Å². The number of hydrogen-bond acceptors (Lipinski definition) is 8. The van der Waals surface area contributed by atoms with Crippen molar-refractivity contribution in [3.05, 3.63) is 12.7 Å². The first-order valence-electron chi connectivity index (χ1n) is 21.6. The molecule has 7 atom stereocenters. The van der Waals surface area contributed by atoms with Gasteiger partial charge in [-0.3, -0.25) is 28.9 Å². The van der Waals surface area contributed by atoms with Crippen LogP contribution in [0.3, 0.4) is 0 Å². The van der Waals surface area contributed by atoms with E-state index in [9.17, 15) is 40.8 Å². The summed E-state index contributed by atoms with van der Waals surface area (Å²) in [5, 5.41) is 3.18. The zero-order valence-corrected chi connectivity index (χ0v) is 36.1. The molecule has 6 fully saturated rings. The van der Waals surface area contributed by atoms with Gasteiger partial charge in [0.05, 0.1) is 23.5 Å². The van der Waals surface area contributed by atoms with Gasteiger partial charge in [-0.25, -0.2) is 4.72 Å². The number of allylic oxidation sites excluding steroid dienone is 1. The maximum Gasteiger partial charge on any atom is 0.516 e. The number of piperidine rings is 1. The highest BCUT2D eigenvalue weighted by atomic mass is 32.2. The third-order valence-corrected chi connectivity index (χ3v) is 17.3. The molecule has 11 nitrogen and oxygen atoms in total. The van der Waals surface area contributed by atoms with Gasteiger partial charge in [0, 0.05) is 30.7 Å². The number of rotatable bonds is 14. The van der Waals surface area contributed by atoms with Crippen molar-refractivity contribution in [1.82, 2.24) is 19.8 Å². The van der Waals surface area contributed by atoms with Gasteiger partial charge in [0.1, 0.15) is 0 Å². The van der Waals surface area contributed by atoms with Crippen LogP contribution in [0.1, 0.15) is 138 Å². The van der Waals surface area contributed by atoms with E-state index in [4.69, 9.17) is 0 Å². The molecular formula is C43H65F3N4O7S. The summed E-state index contributed by atoms with van der Waals surface area (Å²) in [5.74, 6) is -4.34. The first kappa shape index (κ1) is 44.7. The van der Waals surface area contributed by atoms with Crippen LogP contribution in [0.15, 0.2) is 12.7 Å². The van der Waals surface area contributed by atoms with Gasteiger partial charge in [0.25, 0.3) is 0 Å². The number of halogens is 3. The highest BCUT2D eigenvalue weighted by molar-refractivity contribution is 7.90. The minimum absolute atomic E-state index is 0.0606. The number of hydrogen-bond donors (Lipinski definition) is 2. The molecule has 2 saturated heterocycles. The van der Waals surface area contributed by atoms with Crippen LogP contribution in [0.25, 0.3) is 0 Å². The summed E-state index contributed by atoms with van der Waals surface area (Å²) in [7, 11) is -6.03. The molecule has 2 N–H and O–H groups in total. The minimum atomic E-state index is -6.03. The molecule has 6 aliphatic rings. The molecular weight excluding hydrogens is 774 g/mol. The largest absolute Gasteiger partial charge is 0.516 e. The standard InChI is InChI=1S/C43H65F3N4O7S/c1-8-28-23-40(28,37(55)48-58(56,57)43(44,45)46)25-33(52)31-24-42(39(6,7)41(42)19-15-20-41)26-50(31)36(54)29(38(3,4)5)22-32(51)34(27-16-11-10-12-17-27)47-35(53)30-18-13-14-21-49(30)9-2/h8,27-31,34H,1,9-26H2,2-7H3,(H,47,53)(H,48,55)/t28-,29-,30+,31+,34?,40-,42-/m1/s1. The second kappa shape index (κ2) is 15.6. The SMILES string of the molecule is C=C[C@@H]1C[C@]1(CC(=O)[C@@H]1C[C@@]2(CN1C(=O)[C@@H](CC(=O)C(NC(=O)[C@@H]1CCCCN1CC)C1CCCCC1)C(C)(C)C)C(C)(C)C21CCC1)C(=O)NS(=O)(=O)C(F)(F)F. The Bertz CT molecular complexity index is 1780. The van der Waals surface area contributed by atoms with Crippen LogP contribution in [0.4, 0.5) is 13.2 Å². The van der Waals surface area contributed by atoms with Gasteiger partial charge in [0.2, 0.25) is 17.7 Å². The maximum absolute atomic E-state index is 15.2. The maximum atomic E-state index is 15.2. The Hall–Kier alpha value is -2.81. The number of ketones is 2. The molecule has 2 heterocycles. The van der Waals surface area contributed by atoms with E-state index in [-0.39, 0.29) is 59.8 Å². The van der Waals surface area contributed by atoms with Crippen molar-refractivity contribution >= 4 is 39.3 Å². The Morgan fingerprint density at radius 2 is 1.53 bits per heavy atom. The number of likely N-dealkylation sites (N-methyl/N-ethyl adjacent to an activating group) is 1. The Morgan fingerprint density at radius 1 is 0.897 bits per heavy atom. The normalized spacial score (nSPS) is 31.9. The second-order valence-corrected chi connectivity index (χ2v) is 21.8. The smallest absolute Gasteiger partial charge is 0.345 e. The van der Waals surface area contributed by atoms with E-state index >= 15 is 4.79 Å². The van der Waals surface area contributed by atoms with Crippen molar-refractivity contribution < 1.29 is 45.6 Å². The molecule has 4 saturated carbocycles. The van der Waals surface area contributed by atoms with E-state index in [1.165, 1.54) is 6.08 Å². The van der Waals surface area contributed by atoms with Crippen LogP contribution < -0.4 is 10.0 Å². The Balaban J connectivity index is 1.29. The summed E-state index contributed by atoms with van der Waals surface area (Å²) in [6, 6.07) is -2.11. The Morgan fingerprint density at radius 3 is 2.05 bits per heavy atom. The molecule has 0 aromatic rings. The molecule has 0 aromatic carbocycles. The number of nitrogens with one attached hydrogen (secondary N) is 2. The molecule has 58 heavy (non-hydrogen) atoms. The fourth-order valence-electron chi connectivity index (χ4n) is 12.2. The van der Waals surface area contributed by atoms with Crippen molar-refractivity contribution in [3.8, 4) is 0 Å². The summed E-state index contributed by atoms with van der Waals surface area (Å²) in [4.78, 5) is 75.5. The number of sulfonamides is 1. The van der Waals surface area contributed by atoms with E-state index in [1.54, 1.807) is 4.90 Å². The minimum Gasteiger partial charge on any atom is -0.345 e. The molecule has 3 amide bonds. The van der Waals surface area contributed by atoms with E-state index in [2.05, 4.69) is 30.6 Å². The summed E-state index contributed by atoms with van der Waals surface area (Å²) in [5.41, 5.74) is -8.97. The van der Waals surface area contributed by atoms with E-state index in [1.807, 2.05) is 27.7 Å². The number of carbonyl (C=O) groups is 5. The van der Waals surface area contributed by atoms with Gasteiger partial charge >= 0.3 is 15.5 Å². The van der Waals surface area contributed by atoms with E-state index < -0.39 is 73.8 Å². The third-order valence-electron chi connectivity index (χ3n) is 16.2. The van der Waals surface area contributed by atoms with E-state index in [0.717, 1.165) is 82.0 Å². The lowest BCUT2D eigenvalue weighted by atomic mass is 9.73. The summed E-state index contributed by atoms with van der Waals surface area (Å²) >= 11 is 0. The highest BCUT2D eigenvalue weighted by Crippen LogP contribution is 2.88. The van der Waals surface area contributed by atoms with Gasteiger partial charge in [0.15, 0.2) is 11.6 Å². The average Bonchev–Trinajstić information content (AvgIpc) is 3.86. The van der Waals surface area contributed by atoms with Crippen molar-refractivity contribution in [3.63, 3.8) is 0 Å².